The molecule has 2 heterocycles. The van der Waals surface area contributed by atoms with Gasteiger partial charge in [0.2, 0.25) is 10.0 Å². The maximum Gasteiger partial charge on any atom is 0.255 e. The second kappa shape index (κ2) is 7.27. The number of nitrogens with zero attached hydrogens (tertiary/aromatic N) is 3. The number of rotatable bonds is 5. The molecule has 1 aromatic rings. The summed E-state index contributed by atoms with van der Waals surface area (Å²) >= 11 is 0. The SMILES string of the molecule is CN(C)c1ccc(C(=O)N2CCCC[C@@H]2CNS(C)(=O)=O)cn1. The van der Waals surface area contributed by atoms with Crippen molar-refractivity contribution in [1.82, 2.24) is 14.6 Å². The third kappa shape index (κ3) is 4.90. The number of anilines is 1. The van der Waals surface area contributed by atoms with Crippen LogP contribution in [0.25, 0.3) is 0 Å². The minimum absolute atomic E-state index is 0.0946. The van der Waals surface area contributed by atoms with E-state index in [1.807, 2.05) is 19.0 Å². The Balaban J connectivity index is 2.11. The van der Waals surface area contributed by atoms with Crippen molar-refractivity contribution in [2.45, 2.75) is 25.3 Å². The fourth-order valence-corrected chi connectivity index (χ4v) is 3.17. The second-order valence-corrected chi connectivity index (χ2v) is 7.90. The Morgan fingerprint density at radius 2 is 2.13 bits per heavy atom. The number of carbonyl (C=O) groups is 1. The number of aromatic nitrogens is 1. The number of carbonyl (C=O) groups excluding carboxylic acids is 1. The van der Waals surface area contributed by atoms with Crippen LogP contribution in [0.3, 0.4) is 0 Å². The van der Waals surface area contributed by atoms with E-state index in [9.17, 15) is 13.2 Å². The monoisotopic (exact) mass is 340 g/mol. The Morgan fingerprint density at radius 3 is 2.70 bits per heavy atom. The van der Waals surface area contributed by atoms with Gasteiger partial charge in [-0.15, -0.1) is 0 Å². The Kier molecular flexibility index (Phi) is 5.59. The van der Waals surface area contributed by atoms with Crippen molar-refractivity contribution in [2.75, 3.05) is 38.3 Å². The van der Waals surface area contributed by atoms with Crippen LogP contribution >= 0.6 is 0 Å². The van der Waals surface area contributed by atoms with Crippen molar-refractivity contribution in [3.8, 4) is 0 Å². The van der Waals surface area contributed by atoms with Crippen LogP contribution in [0, 0.1) is 0 Å². The lowest BCUT2D eigenvalue weighted by Crippen LogP contribution is -2.49. The fourth-order valence-electron chi connectivity index (χ4n) is 2.67. The highest BCUT2D eigenvalue weighted by Crippen LogP contribution is 2.20. The fraction of sp³-hybridized carbons (Fsp3) is 0.600. The van der Waals surface area contributed by atoms with E-state index >= 15 is 0 Å². The summed E-state index contributed by atoms with van der Waals surface area (Å²) in [6.45, 7) is 0.901. The number of nitrogens with one attached hydrogen (secondary N) is 1. The molecule has 23 heavy (non-hydrogen) atoms. The van der Waals surface area contributed by atoms with Gasteiger partial charge in [0.05, 0.1) is 11.8 Å². The number of hydrogen-bond acceptors (Lipinski definition) is 5. The summed E-state index contributed by atoms with van der Waals surface area (Å²) in [4.78, 5) is 20.6. The van der Waals surface area contributed by atoms with E-state index in [2.05, 4.69) is 9.71 Å². The van der Waals surface area contributed by atoms with Gasteiger partial charge in [0.1, 0.15) is 5.82 Å². The molecule has 0 aromatic carbocycles. The molecule has 1 amide bonds. The van der Waals surface area contributed by atoms with Gasteiger partial charge in [-0.3, -0.25) is 4.79 Å². The lowest BCUT2D eigenvalue weighted by Gasteiger charge is -2.35. The molecular formula is C15H24N4O3S. The average molecular weight is 340 g/mol. The molecule has 0 saturated carbocycles. The highest BCUT2D eigenvalue weighted by molar-refractivity contribution is 7.88. The summed E-state index contributed by atoms with van der Waals surface area (Å²) in [6.07, 6.45) is 5.44. The Hall–Kier alpha value is -1.67. The maximum atomic E-state index is 12.7. The molecule has 1 aliphatic rings. The molecule has 1 N–H and O–H groups in total. The smallest absolute Gasteiger partial charge is 0.255 e. The van der Waals surface area contributed by atoms with Crippen LogP contribution in [0.4, 0.5) is 5.82 Å². The lowest BCUT2D eigenvalue weighted by atomic mass is 10.0. The van der Waals surface area contributed by atoms with Crippen molar-refractivity contribution < 1.29 is 13.2 Å². The van der Waals surface area contributed by atoms with Crippen LogP contribution in [0.1, 0.15) is 29.6 Å². The first kappa shape index (κ1) is 17.7. The van der Waals surface area contributed by atoms with Gasteiger partial charge in [-0.1, -0.05) is 0 Å². The van der Waals surface area contributed by atoms with Crippen molar-refractivity contribution in [1.29, 1.82) is 0 Å². The number of piperidine rings is 1. The summed E-state index contributed by atoms with van der Waals surface area (Å²) in [6, 6.07) is 3.46. The molecule has 1 fully saturated rings. The van der Waals surface area contributed by atoms with Gasteiger partial charge >= 0.3 is 0 Å². The van der Waals surface area contributed by atoms with Crippen LogP contribution in [0.5, 0.6) is 0 Å². The molecule has 0 aliphatic carbocycles. The number of likely N-dealkylation sites (tertiary alicyclic amines) is 1. The zero-order valence-corrected chi connectivity index (χ0v) is 14.6. The summed E-state index contributed by atoms with van der Waals surface area (Å²) in [5, 5.41) is 0. The first-order valence-electron chi connectivity index (χ1n) is 7.67. The molecule has 0 radical (unpaired) electrons. The van der Waals surface area contributed by atoms with E-state index in [0.29, 0.717) is 12.1 Å². The minimum atomic E-state index is -3.26. The third-order valence-electron chi connectivity index (χ3n) is 3.92. The molecule has 7 nitrogen and oxygen atoms in total. The van der Waals surface area contributed by atoms with E-state index < -0.39 is 10.0 Å². The van der Waals surface area contributed by atoms with Crippen molar-refractivity contribution in [2.24, 2.45) is 0 Å². The molecule has 2 rings (SSSR count). The predicted molar refractivity (Wildman–Crippen MR) is 90.1 cm³/mol. The second-order valence-electron chi connectivity index (χ2n) is 6.07. The molecule has 128 valence electrons. The van der Waals surface area contributed by atoms with Crippen molar-refractivity contribution in [3.05, 3.63) is 23.9 Å². The summed E-state index contributed by atoms with van der Waals surface area (Å²) in [7, 11) is 0.522. The van der Waals surface area contributed by atoms with Crippen LogP contribution in [-0.4, -0.2) is 63.7 Å². The normalized spacial score (nSPS) is 18.7. The summed E-state index contributed by atoms with van der Waals surface area (Å²) < 4.78 is 25.1. The molecule has 1 aromatic heterocycles. The quantitative estimate of drug-likeness (QED) is 0.853. The highest BCUT2D eigenvalue weighted by atomic mass is 32.2. The topological polar surface area (TPSA) is 82.6 Å². The molecule has 0 unspecified atom stereocenters. The van der Waals surface area contributed by atoms with Crippen LogP contribution < -0.4 is 9.62 Å². The molecular weight excluding hydrogens is 316 g/mol. The third-order valence-corrected chi connectivity index (χ3v) is 4.61. The number of hydrogen-bond donors (Lipinski definition) is 1. The largest absolute Gasteiger partial charge is 0.363 e. The number of amides is 1. The van der Waals surface area contributed by atoms with E-state index in [1.165, 1.54) is 0 Å². The first-order valence-corrected chi connectivity index (χ1v) is 9.56. The summed E-state index contributed by atoms with van der Waals surface area (Å²) in [5.41, 5.74) is 0.529. The van der Waals surface area contributed by atoms with Gasteiger partial charge in [-0.05, 0) is 31.4 Å². The maximum absolute atomic E-state index is 12.7. The van der Waals surface area contributed by atoms with Gasteiger partial charge in [-0.2, -0.15) is 0 Å². The Morgan fingerprint density at radius 1 is 1.39 bits per heavy atom. The lowest BCUT2D eigenvalue weighted by molar-refractivity contribution is 0.0618. The Bertz CT molecular complexity index is 643. The molecule has 0 spiro atoms. The van der Waals surface area contributed by atoms with Crippen molar-refractivity contribution in [3.63, 3.8) is 0 Å². The van der Waals surface area contributed by atoms with Crippen molar-refractivity contribution >= 4 is 21.7 Å². The predicted octanol–water partition coefficient (Wildman–Crippen LogP) is 0.692. The first-order chi connectivity index (χ1) is 10.8. The standard InChI is InChI=1S/C15H24N4O3S/c1-18(2)14-8-7-12(10-16-14)15(20)19-9-5-4-6-13(19)11-17-23(3,21)22/h7-8,10,13,17H,4-6,9,11H2,1-3H3/t13-/m1/s1. The number of pyridine rings is 1. The average Bonchev–Trinajstić information content (AvgIpc) is 2.52. The zero-order chi connectivity index (χ0) is 17.0. The van der Waals surface area contributed by atoms with Crippen LogP contribution in [0.2, 0.25) is 0 Å². The van der Waals surface area contributed by atoms with Crippen LogP contribution in [-0.2, 0) is 10.0 Å². The van der Waals surface area contributed by atoms with E-state index in [0.717, 1.165) is 31.3 Å². The molecule has 1 aliphatic heterocycles. The molecule has 0 bridgehead atoms. The van der Waals surface area contributed by atoms with E-state index in [-0.39, 0.29) is 18.5 Å². The zero-order valence-electron chi connectivity index (χ0n) is 13.8. The van der Waals surface area contributed by atoms with Gasteiger partial charge in [0.25, 0.3) is 5.91 Å². The van der Waals surface area contributed by atoms with Gasteiger partial charge in [-0.25, -0.2) is 18.1 Å². The van der Waals surface area contributed by atoms with E-state index in [1.54, 1.807) is 23.2 Å². The molecule has 8 heteroatoms. The van der Waals surface area contributed by atoms with Crippen LogP contribution in [0.15, 0.2) is 18.3 Å². The van der Waals surface area contributed by atoms with E-state index in [4.69, 9.17) is 0 Å². The highest BCUT2D eigenvalue weighted by Gasteiger charge is 2.28. The van der Waals surface area contributed by atoms with Gasteiger partial charge in [0, 0.05) is 39.4 Å². The Labute approximate surface area is 137 Å². The van der Waals surface area contributed by atoms with Gasteiger partial charge in [0.15, 0.2) is 0 Å². The number of sulfonamides is 1. The molecule has 1 saturated heterocycles. The van der Waals surface area contributed by atoms with Gasteiger partial charge < -0.3 is 9.80 Å². The summed E-state index contributed by atoms with van der Waals surface area (Å²) in [5.74, 6) is 0.693. The minimum Gasteiger partial charge on any atom is -0.363 e. The molecule has 1 atom stereocenters.